The Balaban J connectivity index is 1.75. The molecule has 0 bridgehead atoms. The molecule has 0 saturated carbocycles. The van der Waals surface area contributed by atoms with Gasteiger partial charge in [-0.1, -0.05) is 12.1 Å². The fourth-order valence-corrected chi connectivity index (χ4v) is 3.07. The number of rotatable bonds is 5. The van der Waals surface area contributed by atoms with E-state index in [1.165, 1.54) is 42.7 Å². The molecule has 132 valence electrons. The van der Waals surface area contributed by atoms with Gasteiger partial charge >= 0.3 is 11.9 Å². The second-order valence-electron chi connectivity index (χ2n) is 5.14. The number of ether oxygens (including phenoxy) is 3. The summed E-state index contributed by atoms with van der Waals surface area (Å²) in [5.41, 5.74) is 1.38. The minimum absolute atomic E-state index is 0.202. The lowest BCUT2D eigenvalue weighted by Crippen LogP contribution is -2.09. The van der Waals surface area contributed by atoms with Gasteiger partial charge in [0.05, 0.1) is 25.3 Å². The molecule has 0 saturated heterocycles. The minimum Gasteiger partial charge on any atom is -0.496 e. The van der Waals surface area contributed by atoms with Gasteiger partial charge in [0.1, 0.15) is 16.5 Å². The van der Waals surface area contributed by atoms with Crippen molar-refractivity contribution >= 4 is 23.3 Å². The van der Waals surface area contributed by atoms with Crippen molar-refractivity contribution in [2.45, 2.75) is 0 Å². The fourth-order valence-electron chi connectivity index (χ4n) is 2.25. The van der Waals surface area contributed by atoms with E-state index in [0.717, 1.165) is 5.56 Å². The van der Waals surface area contributed by atoms with Crippen LogP contribution in [0.2, 0.25) is 0 Å². The van der Waals surface area contributed by atoms with Crippen molar-refractivity contribution in [1.82, 2.24) is 4.98 Å². The zero-order valence-corrected chi connectivity index (χ0v) is 14.9. The van der Waals surface area contributed by atoms with Gasteiger partial charge in [-0.15, -0.1) is 11.3 Å². The molecule has 3 aromatic rings. The molecule has 0 amide bonds. The highest BCUT2D eigenvalue weighted by Gasteiger charge is 2.16. The number of methoxy groups -OCH3 is 2. The number of hydrogen-bond donors (Lipinski definition) is 0. The number of carbonyl (C=O) groups is 2. The van der Waals surface area contributed by atoms with E-state index in [0.29, 0.717) is 22.1 Å². The molecular weight excluding hydrogens is 354 g/mol. The third-order valence-corrected chi connectivity index (χ3v) is 4.41. The quantitative estimate of drug-likeness (QED) is 0.503. The lowest BCUT2D eigenvalue weighted by molar-refractivity contribution is 0.0600. The second-order valence-corrected chi connectivity index (χ2v) is 6.00. The van der Waals surface area contributed by atoms with Crippen molar-refractivity contribution < 1.29 is 23.8 Å². The van der Waals surface area contributed by atoms with E-state index >= 15 is 0 Å². The number of benzene rings is 2. The number of nitrogens with zero attached hydrogens (tertiary/aromatic N) is 1. The molecule has 7 heteroatoms. The first kappa shape index (κ1) is 17.6. The normalized spacial score (nSPS) is 10.2. The number of esters is 2. The van der Waals surface area contributed by atoms with Crippen LogP contribution in [0.1, 0.15) is 20.8 Å². The zero-order chi connectivity index (χ0) is 18.5. The van der Waals surface area contributed by atoms with E-state index in [-0.39, 0.29) is 5.69 Å². The molecular formula is C19H15NO5S. The van der Waals surface area contributed by atoms with Gasteiger partial charge in [0.25, 0.3) is 0 Å². The molecule has 0 unspecified atom stereocenters. The van der Waals surface area contributed by atoms with Gasteiger partial charge in [0.2, 0.25) is 0 Å². The Labute approximate surface area is 154 Å². The molecule has 3 rings (SSSR count). The molecule has 0 aliphatic carbocycles. The Morgan fingerprint density at radius 3 is 2.38 bits per heavy atom. The van der Waals surface area contributed by atoms with E-state index in [9.17, 15) is 9.59 Å². The average Bonchev–Trinajstić information content (AvgIpc) is 3.18. The highest BCUT2D eigenvalue weighted by Crippen LogP contribution is 2.32. The average molecular weight is 369 g/mol. The lowest BCUT2D eigenvalue weighted by atomic mass is 10.2. The summed E-state index contributed by atoms with van der Waals surface area (Å²) in [7, 11) is 2.89. The molecule has 0 N–H and O–H groups in total. The summed E-state index contributed by atoms with van der Waals surface area (Å²) in [6, 6.07) is 13.5. The van der Waals surface area contributed by atoms with Crippen LogP contribution in [0.15, 0.2) is 53.9 Å². The van der Waals surface area contributed by atoms with Crippen LogP contribution in [0, 0.1) is 0 Å². The van der Waals surface area contributed by atoms with Gasteiger partial charge < -0.3 is 14.2 Å². The smallest absolute Gasteiger partial charge is 0.363 e. The third-order valence-electron chi connectivity index (χ3n) is 3.54. The molecule has 0 aliphatic heterocycles. The molecule has 6 nitrogen and oxygen atoms in total. The van der Waals surface area contributed by atoms with Gasteiger partial charge in [0, 0.05) is 5.38 Å². The molecule has 1 aromatic heterocycles. The van der Waals surface area contributed by atoms with Crippen LogP contribution in [0.4, 0.5) is 0 Å². The summed E-state index contributed by atoms with van der Waals surface area (Å²) in [4.78, 5) is 28.0. The number of aromatic nitrogens is 1. The van der Waals surface area contributed by atoms with Crippen LogP contribution in [0.25, 0.3) is 10.6 Å². The number of thiazole rings is 1. The first-order valence-electron chi connectivity index (χ1n) is 7.62. The van der Waals surface area contributed by atoms with E-state index in [1.54, 1.807) is 12.5 Å². The monoisotopic (exact) mass is 369 g/mol. The molecule has 2 aromatic carbocycles. The molecule has 0 radical (unpaired) electrons. The van der Waals surface area contributed by atoms with Crippen molar-refractivity contribution in [3.63, 3.8) is 0 Å². The van der Waals surface area contributed by atoms with Crippen molar-refractivity contribution in [2.75, 3.05) is 14.2 Å². The summed E-state index contributed by atoms with van der Waals surface area (Å²) in [5.74, 6) is -0.0355. The maximum absolute atomic E-state index is 12.3. The lowest BCUT2D eigenvalue weighted by Gasteiger charge is -2.05. The first-order valence-corrected chi connectivity index (χ1v) is 8.50. The van der Waals surface area contributed by atoms with E-state index in [1.807, 2.05) is 24.3 Å². The number of para-hydroxylation sites is 1. The molecule has 1 heterocycles. The Morgan fingerprint density at radius 2 is 1.69 bits per heavy atom. The van der Waals surface area contributed by atoms with E-state index in [2.05, 4.69) is 9.72 Å². The summed E-state index contributed by atoms with van der Waals surface area (Å²) in [6.45, 7) is 0. The van der Waals surface area contributed by atoms with E-state index < -0.39 is 11.9 Å². The molecule has 0 fully saturated rings. The van der Waals surface area contributed by atoms with Crippen molar-refractivity contribution in [2.24, 2.45) is 0 Å². The van der Waals surface area contributed by atoms with Crippen LogP contribution in [0.3, 0.4) is 0 Å². The van der Waals surface area contributed by atoms with Gasteiger partial charge in [0.15, 0.2) is 5.69 Å². The second kappa shape index (κ2) is 7.79. The third kappa shape index (κ3) is 3.73. The zero-order valence-electron chi connectivity index (χ0n) is 14.1. The number of carbonyl (C=O) groups excluding carboxylic acids is 2. The van der Waals surface area contributed by atoms with Gasteiger partial charge in [-0.05, 0) is 36.4 Å². The van der Waals surface area contributed by atoms with Gasteiger partial charge in [-0.25, -0.2) is 14.6 Å². The van der Waals surface area contributed by atoms with Gasteiger partial charge in [-0.3, -0.25) is 0 Å². The Bertz CT molecular complexity index is 933. The van der Waals surface area contributed by atoms with Crippen molar-refractivity contribution in [3.05, 3.63) is 65.2 Å². The summed E-state index contributed by atoms with van der Waals surface area (Å²) < 4.78 is 15.2. The Hall–Kier alpha value is -3.19. The maximum atomic E-state index is 12.3. The SMILES string of the molecule is COC(=O)c1ccc(OC(=O)c2csc(-c3ccccc3OC)n2)cc1. The number of hydrogen-bond acceptors (Lipinski definition) is 7. The highest BCUT2D eigenvalue weighted by atomic mass is 32.1. The predicted molar refractivity (Wildman–Crippen MR) is 96.8 cm³/mol. The summed E-state index contributed by atoms with van der Waals surface area (Å²) in [5, 5.41) is 2.29. The maximum Gasteiger partial charge on any atom is 0.363 e. The Kier molecular flexibility index (Phi) is 5.28. The Morgan fingerprint density at radius 1 is 0.962 bits per heavy atom. The van der Waals surface area contributed by atoms with Crippen molar-refractivity contribution in [3.8, 4) is 22.1 Å². The topological polar surface area (TPSA) is 74.7 Å². The van der Waals surface area contributed by atoms with Crippen LogP contribution < -0.4 is 9.47 Å². The highest BCUT2D eigenvalue weighted by molar-refractivity contribution is 7.13. The van der Waals surface area contributed by atoms with Gasteiger partial charge in [-0.2, -0.15) is 0 Å². The first-order chi connectivity index (χ1) is 12.6. The predicted octanol–water partition coefficient (Wildman–Crippen LogP) is 3.82. The van der Waals surface area contributed by atoms with Crippen LogP contribution in [0.5, 0.6) is 11.5 Å². The van der Waals surface area contributed by atoms with Crippen LogP contribution in [-0.4, -0.2) is 31.1 Å². The van der Waals surface area contributed by atoms with E-state index in [4.69, 9.17) is 9.47 Å². The van der Waals surface area contributed by atoms with Crippen LogP contribution >= 0.6 is 11.3 Å². The molecule has 26 heavy (non-hydrogen) atoms. The fraction of sp³-hybridized carbons (Fsp3) is 0.105. The minimum atomic E-state index is -0.576. The largest absolute Gasteiger partial charge is 0.496 e. The van der Waals surface area contributed by atoms with Crippen LogP contribution in [-0.2, 0) is 4.74 Å². The molecule has 0 aliphatic rings. The summed E-state index contributed by atoms with van der Waals surface area (Å²) in [6.07, 6.45) is 0. The summed E-state index contributed by atoms with van der Waals surface area (Å²) >= 11 is 1.33. The standard InChI is InChI=1S/C19H15NO5S/c1-23-16-6-4-3-5-14(16)17-20-15(11-26-17)19(22)25-13-9-7-12(8-10-13)18(21)24-2/h3-11H,1-2H3. The molecule has 0 atom stereocenters. The van der Waals surface area contributed by atoms with Crippen molar-refractivity contribution in [1.29, 1.82) is 0 Å². The molecule has 0 spiro atoms.